The van der Waals surface area contributed by atoms with Gasteiger partial charge in [0.05, 0.1) is 12.7 Å². The van der Waals surface area contributed by atoms with Crippen molar-refractivity contribution in [2.45, 2.75) is 46.5 Å². The van der Waals surface area contributed by atoms with Gasteiger partial charge in [-0.25, -0.2) is 4.79 Å². The standard InChI is InChI=1S/C23H30O3/c1-15-7-6-8-20-22(15,3)12-11-16(2)23(20,4)14-18-13-17(21(25)26-5)9-10-19(18)24/h6-7,9-10,13,16,20,24H,1,8,11-12,14H2,2-5H3. The fourth-order valence-electron chi connectivity index (χ4n) is 5.22. The van der Waals surface area contributed by atoms with Crippen molar-refractivity contribution in [3.8, 4) is 5.75 Å². The maximum absolute atomic E-state index is 11.9. The van der Waals surface area contributed by atoms with Crippen molar-refractivity contribution < 1.29 is 14.6 Å². The van der Waals surface area contributed by atoms with Gasteiger partial charge >= 0.3 is 5.97 Å². The Labute approximate surface area is 156 Å². The Hall–Kier alpha value is -2.03. The molecule has 26 heavy (non-hydrogen) atoms. The lowest BCUT2D eigenvalue weighted by atomic mass is 9.47. The highest BCUT2D eigenvalue weighted by Crippen LogP contribution is 2.61. The van der Waals surface area contributed by atoms with Crippen molar-refractivity contribution in [1.82, 2.24) is 0 Å². The summed E-state index contributed by atoms with van der Waals surface area (Å²) in [5.41, 5.74) is 2.66. The van der Waals surface area contributed by atoms with Crippen molar-refractivity contribution in [3.63, 3.8) is 0 Å². The van der Waals surface area contributed by atoms with Gasteiger partial charge < -0.3 is 9.84 Å². The van der Waals surface area contributed by atoms with Crippen LogP contribution in [0.1, 0.15) is 56.0 Å². The number of methoxy groups -OCH3 is 1. The SMILES string of the molecule is C=C1C=CCC2C1(C)CCC(C)C2(C)Cc1cc(C(=O)OC)ccc1O. The topological polar surface area (TPSA) is 46.5 Å². The summed E-state index contributed by atoms with van der Waals surface area (Å²) in [6.45, 7) is 11.3. The molecule has 3 nitrogen and oxygen atoms in total. The molecule has 140 valence electrons. The Morgan fingerprint density at radius 3 is 2.81 bits per heavy atom. The van der Waals surface area contributed by atoms with E-state index in [-0.39, 0.29) is 22.5 Å². The van der Waals surface area contributed by atoms with Gasteiger partial charge in [-0.05, 0) is 77.7 Å². The molecule has 0 aliphatic heterocycles. The first-order chi connectivity index (χ1) is 12.2. The predicted octanol–water partition coefficient (Wildman–Crippen LogP) is 5.30. The second-order valence-corrected chi connectivity index (χ2v) is 8.59. The molecule has 1 N–H and O–H groups in total. The highest BCUT2D eigenvalue weighted by atomic mass is 16.5. The fourth-order valence-corrected chi connectivity index (χ4v) is 5.22. The molecule has 0 radical (unpaired) electrons. The van der Waals surface area contributed by atoms with Crippen LogP contribution >= 0.6 is 0 Å². The number of phenolic OH excluding ortho intramolecular Hbond substituents is 1. The minimum absolute atomic E-state index is 0.0208. The third-order valence-electron chi connectivity index (χ3n) is 7.28. The van der Waals surface area contributed by atoms with E-state index < -0.39 is 0 Å². The van der Waals surface area contributed by atoms with Gasteiger partial charge in [0.15, 0.2) is 0 Å². The van der Waals surface area contributed by atoms with Gasteiger partial charge in [-0.3, -0.25) is 0 Å². The van der Waals surface area contributed by atoms with Crippen LogP contribution in [0.4, 0.5) is 0 Å². The molecule has 0 heterocycles. The van der Waals surface area contributed by atoms with Crippen LogP contribution in [0.25, 0.3) is 0 Å². The summed E-state index contributed by atoms with van der Waals surface area (Å²) in [4.78, 5) is 11.9. The minimum Gasteiger partial charge on any atom is -0.508 e. The molecule has 1 aromatic carbocycles. The normalized spacial score (nSPS) is 33.6. The second kappa shape index (κ2) is 6.61. The summed E-state index contributed by atoms with van der Waals surface area (Å²) in [6.07, 6.45) is 8.51. The van der Waals surface area contributed by atoms with Crippen LogP contribution in [0.3, 0.4) is 0 Å². The van der Waals surface area contributed by atoms with Gasteiger partial charge in [-0.1, -0.05) is 39.5 Å². The maximum atomic E-state index is 11.9. The molecule has 0 amide bonds. The molecule has 4 unspecified atom stereocenters. The Morgan fingerprint density at radius 1 is 1.38 bits per heavy atom. The largest absolute Gasteiger partial charge is 0.508 e. The molecule has 2 aliphatic carbocycles. The van der Waals surface area contributed by atoms with Gasteiger partial charge in [-0.15, -0.1) is 0 Å². The van der Waals surface area contributed by atoms with Crippen LogP contribution in [-0.2, 0) is 11.2 Å². The molecule has 0 spiro atoms. The lowest BCUT2D eigenvalue weighted by Gasteiger charge is -2.57. The number of ether oxygens (including phenoxy) is 1. The Morgan fingerprint density at radius 2 is 2.12 bits per heavy atom. The summed E-state index contributed by atoms with van der Waals surface area (Å²) in [5.74, 6) is 0.883. The number of carbonyl (C=O) groups is 1. The smallest absolute Gasteiger partial charge is 0.337 e. The van der Waals surface area contributed by atoms with E-state index in [1.54, 1.807) is 18.2 Å². The minimum atomic E-state index is -0.369. The molecule has 3 rings (SSSR count). The highest BCUT2D eigenvalue weighted by Gasteiger charge is 2.53. The van der Waals surface area contributed by atoms with E-state index >= 15 is 0 Å². The molecule has 0 saturated heterocycles. The number of hydrogen-bond donors (Lipinski definition) is 1. The van der Waals surface area contributed by atoms with Crippen molar-refractivity contribution in [2.24, 2.45) is 22.7 Å². The van der Waals surface area contributed by atoms with E-state index in [9.17, 15) is 9.90 Å². The van der Waals surface area contributed by atoms with Crippen LogP contribution in [0.15, 0.2) is 42.5 Å². The number of esters is 1. The molecule has 0 bridgehead atoms. The monoisotopic (exact) mass is 354 g/mol. The summed E-state index contributed by atoms with van der Waals surface area (Å²) >= 11 is 0. The van der Waals surface area contributed by atoms with Gasteiger partial charge in [0.1, 0.15) is 5.75 Å². The Kier molecular flexibility index (Phi) is 4.76. The third-order valence-corrected chi connectivity index (χ3v) is 7.28. The first-order valence-electron chi connectivity index (χ1n) is 9.48. The molecule has 3 heteroatoms. The molecule has 0 aromatic heterocycles. The van der Waals surface area contributed by atoms with Crippen LogP contribution in [-0.4, -0.2) is 18.2 Å². The number of benzene rings is 1. The van der Waals surface area contributed by atoms with Crippen molar-refractivity contribution in [1.29, 1.82) is 0 Å². The highest BCUT2D eigenvalue weighted by molar-refractivity contribution is 5.89. The number of phenols is 1. The number of allylic oxidation sites excluding steroid dienone is 3. The fraction of sp³-hybridized carbons (Fsp3) is 0.522. The average Bonchev–Trinajstić information content (AvgIpc) is 2.62. The van der Waals surface area contributed by atoms with Crippen LogP contribution in [0.2, 0.25) is 0 Å². The Bertz CT molecular complexity index is 763. The first-order valence-corrected chi connectivity index (χ1v) is 9.48. The molecule has 2 aliphatic rings. The second-order valence-electron chi connectivity index (χ2n) is 8.59. The summed E-state index contributed by atoms with van der Waals surface area (Å²) in [6, 6.07) is 5.02. The number of hydrogen-bond acceptors (Lipinski definition) is 3. The molecule has 4 atom stereocenters. The van der Waals surface area contributed by atoms with Crippen molar-refractivity contribution >= 4 is 5.97 Å². The molecular formula is C23H30O3. The van der Waals surface area contributed by atoms with Gasteiger partial charge in [0.2, 0.25) is 0 Å². The van der Waals surface area contributed by atoms with E-state index in [0.717, 1.165) is 31.2 Å². The van der Waals surface area contributed by atoms with Crippen LogP contribution in [0.5, 0.6) is 5.75 Å². The van der Waals surface area contributed by atoms with Gasteiger partial charge in [0, 0.05) is 0 Å². The zero-order chi connectivity index (χ0) is 19.1. The average molecular weight is 354 g/mol. The zero-order valence-electron chi connectivity index (χ0n) is 16.3. The number of carbonyl (C=O) groups excluding carboxylic acids is 1. The summed E-state index contributed by atoms with van der Waals surface area (Å²) in [5, 5.41) is 10.4. The zero-order valence-corrected chi connectivity index (χ0v) is 16.3. The number of rotatable bonds is 3. The number of fused-ring (bicyclic) bond motifs is 1. The lowest BCUT2D eigenvalue weighted by Crippen LogP contribution is -2.50. The molecule has 1 aromatic rings. The lowest BCUT2D eigenvalue weighted by molar-refractivity contribution is -0.0313. The van der Waals surface area contributed by atoms with E-state index in [4.69, 9.17) is 4.74 Å². The van der Waals surface area contributed by atoms with Crippen LogP contribution < -0.4 is 0 Å². The first kappa shape index (κ1) is 18.8. The van der Waals surface area contributed by atoms with Crippen molar-refractivity contribution in [2.75, 3.05) is 7.11 Å². The Balaban J connectivity index is 2.00. The van der Waals surface area contributed by atoms with Crippen molar-refractivity contribution in [3.05, 3.63) is 53.6 Å². The quantitative estimate of drug-likeness (QED) is 0.750. The van der Waals surface area contributed by atoms with E-state index in [0.29, 0.717) is 17.4 Å². The summed E-state index contributed by atoms with van der Waals surface area (Å²) < 4.78 is 4.84. The molecule has 1 saturated carbocycles. The summed E-state index contributed by atoms with van der Waals surface area (Å²) in [7, 11) is 1.38. The van der Waals surface area contributed by atoms with Crippen LogP contribution in [0, 0.1) is 22.7 Å². The van der Waals surface area contributed by atoms with Gasteiger partial charge in [0.25, 0.3) is 0 Å². The molecule has 1 fully saturated rings. The van der Waals surface area contributed by atoms with E-state index in [2.05, 4.69) is 39.5 Å². The third kappa shape index (κ3) is 2.87. The van der Waals surface area contributed by atoms with Gasteiger partial charge in [-0.2, -0.15) is 0 Å². The maximum Gasteiger partial charge on any atom is 0.337 e. The van der Waals surface area contributed by atoms with E-state index in [1.165, 1.54) is 12.7 Å². The predicted molar refractivity (Wildman–Crippen MR) is 104 cm³/mol. The number of aromatic hydroxyl groups is 1. The molecular weight excluding hydrogens is 324 g/mol. The van der Waals surface area contributed by atoms with E-state index in [1.807, 2.05) is 0 Å².